The van der Waals surface area contributed by atoms with Crippen LogP contribution < -0.4 is 10.1 Å². The van der Waals surface area contributed by atoms with Crippen LogP contribution in [-0.4, -0.2) is 28.0 Å². The Balaban J connectivity index is 2.36. The normalized spacial score (nSPS) is 15.7. The molecule has 1 N–H and O–H groups in total. The van der Waals surface area contributed by atoms with Crippen molar-refractivity contribution in [1.82, 2.24) is 9.97 Å². The van der Waals surface area contributed by atoms with Crippen molar-refractivity contribution in [2.45, 2.75) is 38.6 Å². The molecular formula is C11H16N4O3. The number of anilines is 1. The summed E-state index contributed by atoms with van der Waals surface area (Å²) in [6.07, 6.45) is 4.32. The summed E-state index contributed by atoms with van der Waals surface area (Å²) in [6, 6.07) is 0.253. The summed E-state index contributed by atoms with van der Waals surface area (Å²) >= 11 is 0. The van der Waals surface area contributed by atoms with Crippen LogP contribution in [0.25, 0.3) is 0 Å². The SMILES string of the molecule is COc1nc(C)nc(NC2CCCC2)c1[N+](=O)[O-]. The van der Waals surface area contributed by atoms with Crippen molar-refractivity contribution in [3.8, 4) is 5.88 Å². The largest absolute Gasteiger partial charge is 0.476 e. The lowest BCUT2D eigenvalue weighted by molar-refractivity contribution is -0.385. The minimum Gasteiger partial charge on any atom is -0.476 e. The van der Waals surface area contributed by atoms with Gasteiger partial charge in [-0.05, 0) is 19.8 Å². The van der Waals surface area contributed by atoms with E-state index in [2.05, 4.69) is 15.3 Å². The minimum atomic E-state index is -0.504. The van der Waals surface area contributed by atoms with Crippen LogP contribution in [0.2, 0.25) is 0 Å². The van der Waals surface area contributed by atoms with Gasteiger partial charge in [0.1, 0.15) is 5.82 Å². The van der Waals surface area contributed by atoms with Crippen LogP contribution in [0.3, 0.4) is 0 Å². The third-order valence-corrected chi connectivity index (χ3v) is 3.04. The molecule has 0 saturated heterocycles. The maximum absolute atomic E-state index is 11.1. The van der Waals surface area contributed by atoms with Crippen molar-refractivity contribution in [1.29, 1.82) is 0 Å². The Kier molecular flexibility index (Phi) is 3.59. The lowest BCUT2D eigenvalue weighted by Gasteiger charge is -2.13. The fraction of sp³-hybridized carbons (Fsp3) is 0.636. The third-order valence-electron chi connectivity index (χ3n) is 3.04. The fourth-order valence-corrected chi connectivity index (χ4v) is 2.21. The summed E-state index contributed by atoms with van der Waals surface area (Å²) in [5.74, 6) is 0.724. The lowest BCUT2D eigenvalue weighted by Crippen LogP contribution is -2.18. The number of nitro groups is 1. The molecule has 1 aliphatic rings. The molecule has 0 unspecified atom stereocenters. The Morgan fingerprint density at radius 2 is 2.06 bits per heavy atom. The van der Waals surface area contributed by atoms with Crippen molar-refractivity contribution in [2.24, 2.45) is 0 Å². The highest BCUT2D eigenvalue weighted by molar-refractivity contribution is 5.62. The number of nitrogens with zero attached hydrogens (tertiary/aromatic N) is 3. The van der Waals surface area contributed by atoms with Crippen LogP contribution in [0.5, 0.6) is 5.88 Å². The van der Waals surface area contributed by atoms with Crippen LogP contribution in [0.15, 0.2) is 0 Å². The van der Waals surface area contributed by atoms with E-state index in [1.807, 2.05) is 0 Å². The number of rotatable bonds is 4. The quantitative estimate of drug-likeness (QED) is 0.651. The molecular weight excluding hydrogens is 236 g/mol. The van der Waals surface area contributed by atoms with E-state index >= 15 is 0 Å². The molecule has 0 amide bonds. The zero-order chi connectivity index (χ0) is 13.1. The van der Waals surface area contributed by atoms with Gasteiger partial charge in [0.05, 0.1) is 12.0 Å². The summed E-state index contributed by atoms with van der Waals surface area (Å²) in [4.78, 5) is 18.6. The first-order valence-electron chi connectivity index (χ1n) is 5.95. The summed E-state index contributed by atoms with van der Waals surface area (Å²) in [5, 5.41) is 14.2. The molecule has 7 heteroatoms. The van der Waals surface area contributed by atoms with Crippen LogP contribution in [0, 0.1) is 17.0 Å². The first kappa shape index (κ1) is 12.5. The zero-order valence-electron chi connectivity index (χ0n) is 10.5. The van der Waals surface area contributed by atoms with Gasteiger partial charge >= 0.3 is 5.69 Å². The Morgan fingerprint density at radius 3 is 2.61 bits per heavy atom. The molecule has 0 atom stereocenters. The van der Waals surface area contributed by atoms with Gasteiger partial charge in [-0.1, -0.05) is 12.8 Å². The second-order valence-electron chi connectivity index (χ2n) is 4.36. The summed E-state index contributed by atoms with van der Waals surface area (Å²) in [5.41, 5.74) is -0.185. The van der Waals surface area contributed by atoms with Gasteiger partial charge in [-0.15, -0.1) is 0 Å². The van der Waals surface area contributed by atoms with E-state index in [1.54, 1.807) is 6.92 Å². The number of ether oxygens (including phenoxy) is 1. The van der Waals surface area contributed by atoms with Gasteiger partial charge in [0.2, 0.25) is 5.82 Å². The van der Waals surface area contributed by atoms with E-state index < -0.39 is 4.92 Å². The highest BCUT2D eigenvalue weighted by Gasteiger charge is 2.27. The van der Waals surface area contributed by atoms with E-state index in [4.69, 9.17) is 4.74 Å². The van der Waals surface area contributed by atoms with Crippen molar-refractivity contribution < 1.29 is 9.66 Å². The highest BCUT2D eigenvalue weighted by Crippen LogP contribution is 2.33. The lowest BCUT2D eigenvalue weighted by atomic mass is 10.2. The van der Waals surface area contributed by atoms with E-state index in [1.165, 1.54) is 7.11 Å². The van der Waals surface area contributed by atoms with Gasteiger partial charge in [0, 0.05) is 6.04 Å². The predicted molar refractivity (Wildman–Crippen MR) is 65.9 cm³/mol. The second-order valence-corrected chi connectivity index (χ2v) is 4.36. The van der Waals surface area contributed by atoms with E-state index in [9.17, 15) is 10.1 Å². The predicted octanol–water partition coefficient (Wildman–Crippen LogP) is 2.06. The second kappa shape index (κ2) is 5.16. The van der Waals surface area contributed by atoms with Crippen LogP contribution in [-0.2, 0) is 0 Å². The van der Waals surface area contributed by atoms with E-state index in [-0.39, 0.29) is 23.4 Å². The molecule has 0 aromatic carbocycles. The molecule has 0 aliphatic heterocycles. The van der Waals surface area contributed by atoms with Crippen LogP contribution >= 0.6 is 0 Å². The van der Waals surface area contributed by atoms with E-state index in [0.717, 1.165) is 25.7 Å². The molecule has 1 fully saturated rings. The first-order chi connectivity index (χ1) is 8.61. The summed E-state index contributed by atoms with van der Waals surface area (Å²) < 4.78 is 4.96. The third kappa shape index (κ3) is 2.49. The zero-order valence-corrected chi connectivity index (χ0v) is 10.5. The molecule has 1 aromatic heterocycles. The van der Waals surface area contributed by atoms with Gasteiger partial charge < -0.3 is 10.1 Å². The molecule has 1 heterocycles. The Bertz CT molecular complexity index is 458. The van der Waals surface area contributed by atoms with Gasteiger partial charge in [-0.3, -0.25) is 10.1 Å². The van der Waals surface area contributed by atoms with E-state index in [0.29, 0.717) is 5.82 Å². The van der Waals surface area contributed by atoms with Crippen molar-refractivity contribution in [2.75, 3.05) is 12.4 Å². The highest BCUT2D eigenvalue weighted by atomic mass is 16.6. The number of aryl methyl sites for hydroxylation is 1. The molecule has 1 aromatic rings. The fourth-order valence-electron chi connectivity index (χ4n) is 2.21. The molecule has 2 rings (SSSR count). The van der Waals surface area contributed by atoms with Gasteiger partial charge in [0.15, 0.2) is 0 Å². The standard InChI is InChI=1S/C11H16N4O3/c1-7-12-10(14-8-5-3-4-6-8)9(15(16)17)11(13-7)18-2/h8H,3-6H2,1-2H3,(H,12,13,14). The van der Waals surface area contributed by atoms with Crippen molar-refractivity contribution in [3.05, 3.63) is 15.9 Å². The Morgan fingerprint density at radius 1 is 1.39 bits per heavy atom. The Hall–Kier alpha value is -1.92. The van der Waals surface area contributed by atoms with Gasteiger partial charge in [-0.25, -0.2) is 4.98 Å². The molecule has 98 valence electrons. The molecule has 7 nitrogen and oxygen atoms in total. The first-order valence-corrected chi connectivity index (χ1v) is 5.95. The number of aromatic nitrogens is 2. The summed E-state index contributed by atoms with van der Waals surface area (Å²) in [6.45, 7) is 1.69. The van der Waals surface area contributed by atoms with Crippen LogP contribution in [0.4, 0.5) is 11.5 Å². The topological polar surface area (TPSA) is 90.2 Å². The summed E-state index contributed by atoms with van der Waals surface area (Å²) in [7, 11) is 1.37. The van der Waals surface area contributed by atoms with Gasteiger partial charge in [-0.2, -0.15) is 4.98 Å². The van der Waals surface area contributed by atoms with Crippen LogP contribution in [0.1, 0.15) is 31.5 Å². The maximum Gasteiger partial charge on any atom is 0.372 e. The Labute approximate surface area is 105 Å². The number of hydrogen-bond donors (Lipinski definition) is 1. The maximum atomic E-state index is 11.1. The smallest absolute Gasteiger partial charge is 0.372 e. The molecule has 0 spiro atoms. The molecule has 0 bridgehead atoms. The average Bonchev–Trinajstić information content (AvgIpc) is 2.80. The molecule has 0 radical (unpaired) electrons. The molecule has 18 heavy (non-hydrogen) atoms. The minimum absolute atomic E-state index is 0.00740. The number of nitrogens with one attached hydrogen (secondary N) is 1. The van der Waals surface area contributed by atoms with Crippen molar-refractivity contribution >= 4 is 11.5 Å². The molecule has 1 aliphatic carbocycles. The number of methoxy groups -OCH3 is 1. The average molecular weight is 252 g/mol. The molecule has 1 saturated carbocycles. The van der Waals surface area contributed by atoms with Crippen molar-refractivity contribution in [3.63, 3.8) is 0 Å². The number of hydrogen-bond acceptors (Lipinski definition) is 6. The monoisotopic (exact) mass is 252 g/mol. The van der Waals surface area contributed by atoms with Gasteiger partial charge in [0.25, 0.3) is 5.88 Å².